The molecule has 6 nitrogen and oxygen atoms in total. The van der Waals surface area contributed by atoms with Gasteiger partial charge in [-0.15, -0.1) is 0 Å². The molecule has 0 amide bonds. The first kappa shape index (κ1) is 14.7. The van der Waals surface area contributed by atoms with Crippen LogP contribution < -0.4 is 5.11 Å². The quantitative estimate of drug-likeness (QED) is 0.800. The zero-order valence-corrected chi connectivity index (χ0v) is 12.0. The molecule has 0 fully saturated rings. The van der Waals surface area contributed by atoms with E-state index in [2.05, 4.69) is 0 Å². The number of aromatic hydroxyl groups is 1. The number of Topliss-reactive ketones (excluding diaryl/α,β-unsaturated/α-hetero) is 1. The highest BCUT2D eigenvalue weighted by molar-refractivity contribution is 6.14. The van der Waals surface area contributed by atoms with Crippen molar-refractivity contribution in [3.8, 4) is 5.75 Å². The second kappa shape index (κ2) is 4.93. The van der Waals surface area contributed by atoms with Crippen LogP contribution in [-0.2, 0) is 16.0 Å². The van der Waals surface area contributed by atoms with Crippen molar-refractivity contribution < 1.29 is 29.6 Å². The van der Waals surface area contributed by atoms with Crippen LogP contribution >= 0.6 is 0 Å². The largest absolute Gasteiger partial charge is 0.550 e. The average molecular weight is 303 g/mol. The van der Waals surface area contributed by atoms with E-state index < -0.39 is 23.6 Å². The Kier molecular flexibility index (Phi) is 3.30. The third kappa shape index (κ3) is 2.30. The van der Waals surface area contributed by atoms with E-state index in [4.69, 9.17) is 4.74 Å². The summed E-state index contributed by atoms with van der Waals surface area (Å²) in [6.07, 6.45) is -0.493. The van der Waals surface area contributed by atoms with Crippen molar-refractivity contribution in [2.75, 3.05) is 0 Å². The monoisotopic (exact) mass is 303 g/mol. The predicted octanol–water partition coefficient (Wildman–Crippen LogP) is 0.0650. The van der Waals surface area contributed by atoms with Crippen molar-refractivity contribution in [2.24, 2.45) is 0 Å². The van der Waals surface area contributed by atoms with Crippen molar-refractivity contribution in [3.05, 3.63) is 40.5 Å². The van der Waals surface area contributed by atoms with Crippen molar-refractivity contribution in [3.63, 3.8) is 0 Å². The van der Waals surface area contributed by atoms with E-state index in [-0.39, 0.29) is 29.7 Å². The van der Waals surface area contributed by atoms with Crippen LogP contribution in [0.25, 0.3) is 0 Å². The summed E-state index contributed by atoms with van der Waals surface area (Å²) >= 11 is 0. The molecule has 6 heteroatoms. The van der Waals surface area contributed by atoms with Gasteiger partial charge in [-0.05, 0) is 31.4 Å². The fourth-order valence-corrected chi connectivity index (χ4v) is 3.31. The summed E-state index contributed by atoms with van der Waals surface area (Å²) in [4.78, 5) is 23.4. The van der Waals surface area contributed by atoms with Crippen molar-refractivity contribution >= 4 is 11.8 Å². The maximum atomic E-state index is 12.6. The summed E-state index contributed by atoms with van der Waals surface area (Å²) in [5, 5.41) is 31.1. The lowest BCUT2D eigenvalue weighted by Crippen LogP contribution is -2.46. The Morgan fingerprint density at radius 2 is 2.23 bits per heavy atom. The predicted molar refractivity (Wildman–Crippen MR) is 72.9 cm³/mol. The highest BCUT2D eigenvalue weighted by atomic mass is 16.6. The normalized spacial score (nSPS) is 27.4. The number of hydrogen-bond donors (Lipinski definition) is 2. The van der Waals surface area contributed by atoms with E-state index in [0.29, 0.717) is 17.6 Å². The van der Waals surface area contributed by atoms with E-state index in [1.807, 2.05) is 0 Å². The number of aliphatic carboxylic acids is 1. The first-order chi connectivity index (χ1) is 10.3. The van der Waals surface area contributed by atoms with Gasteiger partial charge in [0, 0.05) is 12.4 Å². The van der Waals surface area contributed by atoms with Crippen LogP contribution in [0, 0.1) is 0 Å². The van der Waals surface area contributed by atoms with E-state index in [1.165, 1.54) is 13.0 Å². The molecule has 3 rings (SSSR count). The Morgan fingerprint density at radius 3 is 2.91 bits per heavy atom. The summed E-state index contributed by atoms with van der Waals surface area (Å²) in [5.41, 5.74) is 1.57. The van der Waals surface area contributed by atoms with E-state index in [1.54, 1.807) is 12.1 Å². The van der Waals surface area contributed by atoms with E-state index >= 15 is 0 Å². The molecule has 2 atom stereocenters. The minimum Gasteiger partial charge on any atom is -0.550 e. The molecule has 2 N–H and O–H groups in total. The average Bonchev–Trinajstić information content (AvgIpc) is 2.35. The van der Waals surface area contributed by atoms with Gasteiger partial charge in [-0.25, -0.2) is 0 Å². The molecular formula is C16H15O6-. The van der Waals surface area contributed by atoms with E-state index in [9.17, 15) is 24.9 Å². The number of aliphatic hydroxyl groups is 1. The molecule has 0 radical (unpaired) electrons. The van der Waals surface area contributed by atoms with Crippen LogP contribution in [0.1, 0.15) is 35.7 Å². The maximum absolute atomic E-state index is 12.6. The minimum atomic E-state index is -1.88. The van der Waals surface area contributed by atoms with Crippen LogP contribution in [0.4, 0.5) is 0 Å². The molecule has 1 aromatic carbocycles. The van der Waals surface area contributed by atoms with Crippen molar-refractivity contribution in [2.45, 2.75) is 38.1 Å². The van der Waals surface area contributed by atoms with Crippen LogP contribution in [0.15, 0.2) is 29.3 Å². The Morgan fingerprint density at radius 1 is 1.50 bits per heavy atom. The molecule has 0 spiro atoms. The Labute approximate surface area is 126 Å². The Bertz CT molecular complexity index is 701. The zero-order valence-electron chi connectivity index (χ0n) is 12.0. The van der Waals surface area contributed by atoms with Gasteiger partial charge in [0.05, 0.1) is 17.2 Å². The van der Waals surface area contributed by atoms with Gasteiger partial charge in [-0.2, -0.15) is 0 Å². The molecular weight excluding hydrogens is 288 g/mol. The van der Waals surface area contributed by atoms with Gasteiger partial charge in [0.15, 0.2) is 11.6 Å². The third-order valence-corrected chi connectivity index (χ3v) is 4.07. The highest BCUT2D eigenvalue weighted by Gasteiger charge is 2.44. The molecule has 1 aromatic rings. The van der Waals surface area contributed by atoms with Crippen molar-refractivity contribution in [1.82, 2.24) is 0 Å². The minimum absolute atomic E-state index is 0.0936. The highest BCUT2D eigenvalue weighted by Crippen LogP contribution is 2.42. The van der Waals surface area contributed by atoms with Gasteiger partial charge < -0.3 is 24.9 Å². The molecule has 2 aliphatic rings. The molecule has 1 aliphatic carbocycles. The lowest BCUT2D eigenvalue weighted by Gasteiger charge is -2.40. The van der Waals surface area contributed by atoms with Crippen molar-refractivity contribution in [1.29, 1.82) is 0 Å². The standard InChI is InChI=1S/C16H16O6/c1-16(21)14-9(6-10(22-16)7-12(18)19)5-8-3-2-4-11(17)13(8)15(14)20/h2-4,10,17,21H,5-7H2,1H3,(H,18,19)/p-1/t10-,16?/m0/s1. The molecule has 0 bridgehead atoms. The second-order valence-corrected chi connectivity index (χ2v) is 5.80. The number of fused-ring (bicyclic) bond motifs is 1. The zero-order chi connectivity index (χ0) is 16.1. The van der Waals surface area contributed by atoms with Gasteiger partial charge in [0.25, 0.3) is 0 Å². The number of carboxylic acid groups (broad SMARTS) is 1. The van der Waals surface area contributed by atoms with Crippen LogP contribution in [0.3, 0.4) is 0 Å². The molecule has 1 aliphatic heterocycles. The Balaban J connectivity index is 2.05. The summed E-state index contributed by atoms with van der Waals surface area (Å²) < 4.78 is 5.35. The number of carbonyl (C=O) groups excluding carboxylic acids is 2. The molecule has 1 unspecified atom stereocenters. The fraction of sp³-hybridized carbons (Fsp3) is 0.375. The van der Waals surface area contributed by atoms with Crippen LogP contribution in [0.2, 0.25) is 0 Å². The lowest BCUT2D eigenvalue weighted by molar-refractivity contribution is -0.310. The van der Waals surface area contributed by atoms with Gasteiger partial charge in [-0.1, -0.05) is 17.7 Å². The molecule has 0 saturated heterocycles. The first-order valence-electron chi connectivity index (χ1n) is 6.97. The smallest absolute Gasteiger partial charge is 0.198 e. The van der Waals surface area contributed by atoms with Crippen LogP contribution in [0.5, 0.6) is 5.75 Å². The number of carbonyl (C=O) groups is 2. The number of benzene rings is 1. The topological polar surface area (TPSA) is 107 Å². The Hall–Kier alpha value is -2.18. The number of rotatable bonds is 2. The number of ketones is 1. The number of carboxylic acids is 1. The summed E-state index contributed by atoms with van der Waals surface area (Å²) in [6.45, 7) is 1.31. The van der Waals surface area contributed by atoms with Gasteiger partial charge in [-0.3, -0.25) is 4.79 Å². The number of hydrogen-bond acceptors (Lipinski definition) is 6. The molecule has 116 valence electrons. The lowest BCUT2D eigenvalue weighted by atomic mass is 9.77. The summed E-state index contributed by atoms with van der Waals surface area (Å²) in [5.74, 6) is -3.77. The molecule has 0 aromatic heterocycles. The van der Waals surface area contributed by atoms with Gasteiger partial charge in [0.2, 0.25) is 0 Å². The van der Waals surface area contributed by atoms with E-state index in [0.717, 1.165) is 0 Å². The van der Waals surface area contributed by atoms with Crippen LogP contribution in [-0.4, -0.2) is 33.9 Å². The maximum Gasteiger partial charge on any atom is 0.198 e. The third-order valence-electron chi connectivity index (χ3n) is 4.07. The molecule has 1 heterocycles. The first-order valence-corrected chi connectivity index (χ1v) is 6.97. The SMILES string of the molecule is CC1(O)O[C@H](CC(=O)[O-])CC2=C1C(=O)c1c(O)cccc1C2. The van der Waals surface area contributed by atoms with Gasteiger partial charge >= 0.3 is 0 Å². The summed E-state index contributed by atoms with van der Waals surface area (Å²) in [7, 11) is 0. The number of ether oxygens (including phenoxy) is 1. The molecule has 22 heavy (non-hydrogen) atoms. The van der Waals surface area contributed by atoms with Gasteiger partial charge in [0.1, 0.15) is 5.75 Å². The molecule has 0 saturated carbocycles. The fourth-order valence-electron chi connectivity index (χ4n) is 3.31. The summed E-state index contributed by atoms with van der Waals surface area (Å²) in [6, 6.07) is 4.79. The number of phenols is 1. The second-order valence-electron chi connectivity index (χ2n) is 5.80. The number of phenolic OH excluding ortho intramolecular Hbond substituents is 1.